The smallest absolute Gasteiger partial charge is 0.163 e. The molecular formula is C9H7F2NO. The standard InChI is InChI=1S/C9H7F2NO/c1-13-7-4-6(2-3-12)9(11)8(10)5-7/h4-5H,2H2,1H3. The van der Waals surface area contributed by atoms with E-state index in [1.165, 1.54) is 13.2 Å². The van der Waals surface area contributed by atoms with E-state index in [1.54, 1.807) is 6.07 Å². The lowest BCUT2D eigenvalue weighted by Crippen LogP contribution is -1.95. The number of nitrogens with zero attached hydrogens (tertiary/aromatic N) is 1. The fourth-order valence-electron chi connectivity index (χ4n) is 0.950. The van der Waals surface area contributed by atoms with Gasteiger partial charge in [0.2, 0.25) is 0 Å². The summed E-state index contributed by atoms with van der Waals surface area (Å²) in [6.45, 7) is 0. The van der Waals surface area contributed by atoms with Crippen LogP contribution in [0.3, 0.4) is 0 Å². The molecule has 0 fully saturated rings. The van der Waals surface area contributed by atoms with Crippen molar-refractivity contribution in [1.29, 1.82) is 5.26 Å². The summed E-state index contributed by atoms with van der Waals surface area (Å²) in [5.41, 5.74) is 0.0133. The van der Waals surface area contributed by atoms with Crippen molar-refractivity contribution in [2.45, 2.75) is 6.42 Å². The minimum absolute atomic E-state index is 0.0133. The first-order valence-electron chi connectivity index (χ1n) is 3.58. The molecule has 0 saturated heterocycles. The maximum atomic E-state index is 12.9. The molecule has 13 heavy (non-hydrogen) atoms. The molecule has 1 rings (SSSR count). The largest absolute Gasteiger partial charge is 0.497 e. The van der Waals surface area contributed by atoms with E-state index in [2.05, 4.69) is 0 Å². The third-order valence-corrected chi connectivity index (χ3v) is 1.58. The summed E-state index contributed by atoms with van der Waals surface area (Å²) in [6.07, 6.45) is -0.167. The molecule has 0 atom stereocenters. The van der Waals surface area contributed by atoms with Crippen LogP contribution in [-0.2, 0) is 6.42 Å². The number of halogens is 2. The maximum absolute atomic E-state index is 12.9. The predicted molar refractivity (Wildman–Crippen MR) is 42.2 cm³/mol. The first-order chi connectivity index (χ1) is 6.19. The lowest BCUT2D eigenvalue weighted by atomic mass is 10.1. The zero-order chi connectivity index (χ0) is 9.84. The number of rotatable bonds is 2. The Bertz CT molecular complexity index is 357. The molecule has 1 aromatic rings. The normalized spacial score (nSPS) is 9.38. The van der Waals surface area contributed by atoms with Gasteiger partial charge < -0.3 is 4.74 Å². The van der Waals surface area contributed by atoms with Crippen molar-refractivity contribution in [3.63, 3.8) is 0 Å². The Kier molecular flexibility index (Phi) is 2.80. The van der Waals surface area contributed by atoms with Gasteiger partial charge in [-0.1, -0.05) is 0 Å². The van der Waals surface area contributed by atoms with Crippen molar-refractivity contribution >= 4 is 0 Å². The third-order valence-electron chi connectivity index (χ3n) is 1.58. The summed E-state index contributed by atoms with van der Waals surface area (Å²) < 4.78 is 30.4. The van der Waals surface area contributed by atoms with Crippen LogP contribution in [0.25, 0.3) is 0 Å². The lowest BCUT2D eigenvalue weighted by Gasteiger charge is -2.03. The Labute approximate surface area is 74.4 Å². The van der Waals surface area contributed by atoms with Gasteiger partial charge in [0, 0.05) is 11.6 Å². The average Bonchev–Trinajstić information content (AvgIpc) is 2.13. The van der Waals surface area contributed by atoms with Crippen LogP contribution in [0.15, 0.2) is 12.1 Å². The predicted octanol–water partition coefficient (Wildman–Crippen LogP) is 2.04. The summed E-state index contributed by atoms with van der Waals surface area (Å²) in [5, 5.41) is 8.32. The van der Waals surface area contributed by atoms with Gasteiger partial charge in [0.15, 0.2) is 11.6 Å². The van der Waals surface area contributed by atoms with Crippen molar-refractivity contribution in [2.75, 3.05) is 7.11 Å². The summed E-state index contributed by atoms with van der Waals surface area (Å²) in [6, 6.07) is 3.99. The van der Waals surface area contributed by atoms with Crippen LogP contribution in [0.2, 0.25) is 0 Å². The van der Waals surface area contributed by atoms with Gasteiger partial charge in [-0.05, 0) is 6.07 Å². The number of benzene rings is 1. The van der Waals surface area contributed by atoms with Gasteiger partial charge in [-0.2, -0.15) is 5.26 Å². The molecule has 0 heterocycles. The molecule has 0 aliphatic heterocycles. The zero-order valence-electron chi connectivity index (χ0n) is 6.97. The summed E-state index contributed by atoms with van der Waals surface area (Å²) in [4.78, 5) is 0. The molecule has 4 heteroatoms. The molecule has 0 saturated carbocycles. The van der Waals surface area contributed by atoms with Gasteiger partial charge in [-0.3, -0.25) is 0 Å². The van der Waals surface area contributed by atoms with E-state index in [4.69, 9.17) is 10.00 Å². The zero-order valence-corrected chi connectivity index (χ0v) is 6.97. The van der Waals surface area contributed by atoms with E-state index >= 15 is 0 Å². The summed E-state index contributed by atoms with van der Waals surface area (Å²) >= 11 is 0. The van der Waals surface area contributed by atoms with Gasteiger partial charge in [0.1, 0.15) is 5.75 Å². The average molecular weight is 183 g/mol. The van der Waals surface area contributed by atoms with E-state index < -0.39 is 11.6 Å². The maximum Gasteiger partial charge on any atom is 0.163 e. The highest BCUT2D eigenvalue weighted by atomic mass is 19.2. The van der Waals surface area contributed by atoms with E-state index in [0.29, 0.717) is 0 Å². The van der Waals surface area contributed by atoms with Crippen molar-refractivity contribution in [3.05, 3.63) is 29.3 Å². The van der Waals surface area contributed by atoms with Crippen LogP contribution in [-0.4, -0.2) is 7.11 Å². The Morgan fingerprint density at radius 2 is 2.15 bits per heavy atom. The van der Waals surface area contributed by atoms with E-state index in [9.17, 15) is 8.78 Å². The van der Waals surface area contributed by atoms with Gasteiger partial charge in [-0.15, -0.1) is 0 Å². The minimum Gasteiger partial charge on any atom is -0.497 e. The topological polar surface area (TPSA) is 33.0 Å². The van der Waals surface area contributed by atoms with Crippen LogP contribution in [0.1, 0.15) is 5.56 Å². The Hall–Kier alpha value is -1.63. The first-order valence-corrected chi connectivity index (χ1v) is 3.58. The van der Waals surface area contributed by atoms with Crippen LogP contribution in [0, 0.1) is 23.0 Å². The second-order valence-corrected chi connectivity index (χ2v) is 2.42. The summed E-state index contributed by atoms with van der Waals surface area (Å²) in [5.74, 6) is -1.77. The van der Waals surface area contributed by atoms with Gasteiger partial charge in [0.25, 0.3) is 0 Å². The Morgan fingerprint density at radius 1 is 1.46 bits per heavy atom. The van der Waals surface area contributed by atoms with Gasteiger partial charge in [-0.25, -0.2) is 8.78 Å². The number of hydrogen-bond acceptors (Lipinski definition) is 2. The van der Waals surface area contributed by atoms with E-state index in [-0.39, 0.29) is 17.7 Å². The monoisotopic (exact) mass is 183 g/mol. The summed E-state index contributed by atoms with van der Waals surface area (Å²) in [7, 11) is 1.35. The van der Waals surface area contributed by atoms with Crippen LogP contribution in [0.5, 0.6) is 5.75 Å². The molecule has 1 aromatic carbocycles. The van der Waals surface area contributed by atoms with Crippen LogP contribution >= 0.6 is 0 Å². The van der Waals surface area contributed by atoms with Crippen molar-refractivity contribution in [1.82, 2.24) is 0 Å². The molecule has 0 aliphatic rings. The molecule has 68 valence electrons. The highest BCUT2D eigenvalue weighted by molar-refractivity contribution is 5.32. The van der Waals surface area contributed by atoms with Gasteiger partial charge >= 0.3 is 0 Å². The molecule has 0 amide bonds. The lowest BCUT2D eigenvalue weighted by molar-refractivity contribution is 0.405. The molecule has 0 bridgehead atoms. The van der Waals surface area contributed by atoms with Gasteiger partial charge in [0.05, 0.1) is 19.6 Å². The fourth-order valence-corrected chi connectivity index (χ4v) is 0.950. The van der Waals surface area contributed by atoms with Crippen molar-refractivity contribution in [2.24, 2.45) is 0 Å². The van der Waals surface area contributed by atoms with E-state index in [1.807, 2.05) is 0 Å². The molecule has 0 unspecified atom stereocenters. The second-order valence-electron chi connectivity index (χ2n) is 2.42. The number of hydrogen-bond donors (Lipinski definition) is 0. The molecule has 0 N–H and O–H groups in total. The molecule has 2 nitrogen and oxygen atoms in total. The minimum atomic E-state index is -0.996. The van der Waals surface area contributed by atoms with Crippen LogP contribution in [0.4, 0.5) is 8.78 Å². The Balaban J connectivity index is 3.18. The number of methoxy groups -OCH3 is 1. The molecule has 0 aliphatic carbocycles. The van der Waals surface area contributed by atoms with Crippen molar-refractivity contribution < 1.29 is 13.5 Å². The fraction of sp³-hybridized carbons (Fsp3) is 0.222. The highest BCUT2D eigenvalue weighted by Gasteiger charge is 2.10. The number of nitriles is 1. The SMILES string of the molecule is COc1cc(F)c(F)c(CC#N)c1. The molecular weight excluding hydrogens is 176 g/mol. The van der Waals surface area contributed by atoms with Crippen molar-refractivity contribution in [3.8, 4) is 11.8 Å². The number of ether oxygens (including phenoxy) is 1. The highest BCUT2D eigenvalue weighted by Crippen LogP contribution is 2.20. The molecule has 0 radical (unpaired) electrons. The third kappa shape index (κ3) is 1.94. The Morgan fingerprint density at radius 3 is 2.69 bits per heavy atom. The van der Waals surface area contributed by atoms with E-state index in [0.717, 1.165) is 6.07 Å². The molecule has 0 aromatic heterocycles. The molecule has 0 spiro atoms. The first kappa shape index (κ1) is 9.46. The second kappa shape index (κ2) is 3.85. The quantitative estimate of drug-likeness (QED) is 0.702. The van der Waals surface area contributed by atoms with Crippen LogP contribution < -0.4 is 4.74 Å².